The summed E-state index contributed by atoms with van der Waals surface area (Å²) in [7, 11) is -2.74. The zero-order chi connectivity index (χ0) is 28.6. The highest BCUT2D eigenvalue weighted by atomic mass is 35.5. The highest BCUT2D eigenvalue weighted by Crippen LogP contribution is 2.32. The lowest BCUT2D eigenvalue weighted by atomic mass is 10.1. The topological polar surface area (TPSA) is 96.0 Å². The Hall–Kier alpha value is -3.56. The van der Waals surface area contributed by atoms with Crippen molar-refractivity contribution in [2.75, 3.05) is 18.0 Å². The minimum Gasteiger partial charge on any atom is -0.495 e. The number of rotatable bonds is 12. The summed E-state index contributed by atoms with van der Waals surface area (Å²) in [6.07, 6.45) is 0.723. The first-order valence-electron chi connectivity index (χ1n) is 12.6. The summed E-state index contributed by atoms with van der Waals surface area (Å²) in [4.78, 5) is 28.5. The van der Waals surface area contributed by atoms with Crippen molar-refractivity contribution in [1.82, 2.24) is 10.2 Å². The average Bonchev–Trinajstić information content (AvgIpc) is 2.95. The number of nitrogens with zero attached hydrogens (tertiary/aromatic N) is 2. The maximum atomic E-state index is 14.0. The van der Waals surface area contributed by atoms with Gasteiger partial charge in [-0.2, -0.15) is 0 Å². The molecule has 0 radical (unpaired) electrons. The molecule has 0 aliphatic heterocycles. The largest absolute Gasteiger partial charge is 0.495 e. The number of hydrogen-bond acceptors (Lipinski definition) is 5. The lowest BCUT2D eigenvalue weighted by Crippen LogP contribution is -2.52. The second kappa shape index (κ2) is 13.5. The Morgan fingerprint density at radius 1 is 0.949 bits per heavy atom. The third kappa shape index (κ3) is 7.52. The summed E-state index contributed by atoms with van der Waals surface area (Å²) in [5, 5.41) is 3.45. The zero-order valence-corrected chi connectivity index (χ0v) is 24.1. The molecule has 0 aliphatic carbocycles. The van der Waals surface area contributed by atoms with Crippen LogP contribution in [0.3, 0.4) is 0 Å². The molecule has 0 heterocycles. The van der Waals surface area contributed by atoms with Crippen LogP contribution in [0.5, 0.6) is 5.75 Å². The molecule has 3 rings (SSSR count). The van der Waals surface area contributed by atoms with Gasteiger partial charge in [-0.25, -0.2) is 8.42 Å². The molecule has 0 aliphatic rings. The van der Waals surface area contributed by atoms with Crippen molar-refractivity contribution in [3.8, 4) is 5.75 Å². The SMILES string of the molecule is CC[C@@H](C)NC(=O)[C@@H](C)N(Cc1ccc(Cl)cc1)C(=O)CN(c1ccccc1OC)S(=O)(=O)c1ccccc1. The van der Waals surface area contributed by atoms with Crippen molar-refractivity contribution in [3.05, 3.63) is 89.4 Å². The van der Waals surface area contributed by atoms with Gasteiger partial charge in [0.1, 0.15) is 18.3 Å². The van der Waals surface area contributed by atoms with Gasteiger partial charge < -0.3 is 15.0 Å². The Bertz CT molecular complexity index is 1370. The van der Waals surface area contributed by atoms with Crippen LogP contribution in [-0.2, 0) is 26.2 Å². The van der Waals surface area contributed by atoms with E-state index in [0.717, 1.165) is 16.3 Å². The van der Waals surface area contributed by atoms with Gasteiger partial charge in [-0.1, -0.05) is 61.0 Å². The van der Waals surface area contributed by atoms with Gasteiger partial charge in [0.25, 0.3) is 10.0 Å². The van der Waals surface area contributed by atoms with Crippen molar-refractivity contribution >= 4 is 39.1 Å². The summed E-state index contributed by atoms with van der Waals surface area (Å²) in [5.41, 5.74) is 0.950. The maximum Gasteiger partial charge on any atom is 0.264 e. The normalized spacial score (nSPS) is 12.7. The number of ether oxygens (including phenoxy) is 1. The lowest BCUT2D eigenvalue weighted by Gasteiger charge is -2.32. The van der Waals surface area contributed by atoms with Crippen LogP contribution in [0.1, 0.15) is 32.8 Å². The lowest BCUT2D eigenvalue weighted by molar-refractivity contribution is -0.139. The van der Waals surface area contributed by atoms with E-state index in [1.165, 1.54) is 24.1 Å². The molecule has 0 aromatic heterocycles. The summed E-state index contributed by atoms with van der Waals surface area (Å²) in [6.45, 7) is 4.99. The number of para-hydroxylation sites is 2. The number of carbonyl (C=O) groups is 2. The first-order valence-corrected chi connectivity index (χ1v) is 14.4. The van der Waals surface area contributed by atoms with Gasteiger partial charge in [0, 0.05) is 17.6 Å². The van der Waals surface area contributed by atoms with E-state index >= 15 is 0 Å². The third-order valence-corrected chi connectivity index (χ3v) is 8.42. The molecule has 0 bridgehead atoms. The Balaban J connectivity index is 2.04. The molecule has 2 atom stereocenters. The van der Waals surface area contributed by atoms with E-state index in [9.17, 15) is 18.0 Å². The molecule has 3 aromatic carbocycles. The summed E-state index contributed by atoms with van der Waals surface area (Å²) in [5.74, 6) is -0.597. The first-order chi connectivity index (χ1) is 18.6. The van der Waals surface area contributed by atoms with E-state index in [-0.39, 0.29) is 34.8 Å². The summed E-state index contributed by atoms with van der Waals surface area (Å²) in [6, 6.07) is 20.4. The van der Waals surface area contributed by atoms with E-state index in [1.807, 2.05) is 13.8 Å². The van der Waals surface area contributed by atoms with Crippen LogP contribution in [0.2, 0.25) is 5.02 Å². The monoisotopic (exact) mass is 571 g/mol. The van der Waals surface area contributed by atoms with Crippen molar-refractivity contribution in [1.29, 1.82) is 0 Å². The third-order valence-electron chi connectivity index (χ3n) is 6.40. The molecule has 10 heteroatoms. The highest BCUT2D eigenvalue weighted by Gasteiger charge is 2.33. The fourth-order valence-electron chi connectivity index (χ4n) is 3.90. The van der Waals surface area contributed by atoms with Crippen LogP contribution in [-0.4, -0.2) is 50.9 Å². The van der Waals surface area contributed by atoms with Gasteiger partial charge in [0.15, 0.2) is 0 Å². The Labute approximate surface area is 235 Å². The molecule has 0 fully saturated rings. The Kier molecular flexibility index (Phi) is 10.4. The van der Waals surface area contributed by atoms with Gasteiger partial charge in [0.05, 0.1) is 17.7 Å². The second-order valence-corrected chi connectivity index (χ2v) is 11.4. The maximum absolute atomic E-state index is 14.0. The average molecular weight is 572 g/mol. The predicted molar refractivity (Wildman–Crippen MR) is 153 cm³/mol. The number of sulfonamides is 1. The number of halogens is 1. The zero-order valence-electron chi connectivity index (χ0n) is 22.5. The van der Waals surface area contributed by atoms with Crippen molar-refractivity contribution in [2.45, 2.75) is 50.7 Å². The van der Waals surface area contributed by atoms with Gasteiger partial charge in [0.2, 0.25) is 11.8 Å². The van der Waals surface area contributed by atoms with E-state index in [4.69, 9.17) is 16.3 Å². The fourth-order valence-corrected chi connectivity index (χ4v) is 5.48. The summed E-state index contributed by atoms with van der Waals surface area (Å²) < 4.78 is 34.2. The molecule has 39 heavy (non-hydrogen) atoms. The van der Waals surface area contributed by atoms with Gasteiger partial charge in [-0.15, -0.1) is 0 Å². The number of anilines is 1. The highest BCUT2D eigenvalue weighted by molar-refractivity contribution is 7.92. The molecule has 2 amide bonds. The molecule has 8 nitrogen and oxygen atoms in total. The molecule has 1 N–H and O–H groups in total. The fraction of sp³-hybridized carbons (Fsp3) is 0.310. The second-order valence-electron chi connectivity index (χ2n) is 9.14. The molecule has 208 valence electrons. The standard InChI is InChI=1S/C29H34ClN3O5S/c1-5-21(2)31-29(35)22(3)32(19-23-15-17-24(30)18-16-23)28(34)20-33(26-13-9-10-14-27(26)38-4)39(36,37)25-11-7-6-8-12-25/h6-18,21-22H,5,19-20H2,1-4H3,(H,31,35)/t21-,22-/m1/s1. The molecule has 3 aromatic rings. The van der Waals surface area contributed by atoms with Crippen molar-refractivity contribution in [3.63, 3.8) is 0 Å². The quantitative estimate of drug-likeness (QED) is 0.334. The Morgan fingerprint density at radius 2 is 1.56 bits per heavy atom. The smallest absolute Gasteiger partial charge is 0.264 e. The van der Waals surface area contributed by atoms with Crippen LogP contribution in [0, 0.1) is 0 Å². The van der Waals surface area contributed by atoms with Crippen molar-refractivity contribution < 1.29 is 22.7 Å². The van der Waals surface area contributed by atoms with Crippen LogP contribution < -0.4 is 14.4 Å². The Morgan fingerprint density at radius 3 is 2.18 bits per heavy atom. The van der Waals surface area contributed by atoms with Crippen LogP contribution in [0.15, 0.2) is 83.8 Å². The van der Waals surface area contributed by atoms with E-state index in [0.29, 0.717) is 5.02 Å². The minimum atomic E-state index is -4.17. The molecule has 0 spiro atoms. The number of nitrogens with one attached hydrogen (secondary N) is 1. The number of amides is 2. The first kappa shape index (κ1) is 30.0. The number of benzene rings is 3. The van der Waals surface area contributed by atoms with Crippen molar-refractivity contribution in [2.24, 2.45) is 0 Å². The van der Waals surface area contributed by atoms with Crippen LogP contribution in [0.25, 0.3) is 0 Å². The van der Waals surface area contributed by atoms with Gasteiger partial charge in [-0.05, 0) is 62.2 Å². The predicted octanol–water partition coefficient (Wildman–Crippen LogP) is 4.88. The van der Waals surface area contributed by atoms with Crippen LogP contribution >= 0.6 is 11.6 Å². The molecule has 0 saturated heterocycles. The van der Waals surface area contributed by atoms with E-state index in [1.54, 1.807) is 73.7 Å². The van der Waals surface area contributed by atoms with E-state index in [2.05, 4.69) is 5.32 Å². The minimum absolute atomic E-state index is 0.0236. The number of methoxy groups -OCH3 is 1. The number of carbonyl (C=O) groups excluding carboxylic acids is 2. The van der Waals surface area contributed by atoms with Gasteiger partial charge in [-0.3, -0.25) is 13.9 Å². The van der Waals surface area contributed by atoms with Gasteiger partial charge >= 0.3 is 0 Å². The molecular formula is C29H34ClN3O5S. The molecular weight excluding hydrogens is 538 g/mol. The molecule has 0 saturated carbocycles. The van der Waals surface area contributed by atoms with Crippen LogP contribution in [0.4, 0.5) is 5.69 Å². The van der Waals surface area contributed by atoms with E-state index < -0.39 is 28.5 Å². The molecule has 0 unspecified atom stereocenters. The number of hydrogen-bond donors (Lipinski definition) is 1. The summed E-state index contributed by atoms with van der Waals surface area (Å²) >= 11 is 6.04.